The van der Waals surface area contributed by atoms with Gasteiger partial charge >= 0.3 is 0 Å². The highest BCUT2D eigenvalue weighted by molar-refractivity contribution is 5.86. The molecule has 3 aliphatic rings. The van der Waals surface area contributed by atoms with Crippen molar-refractivity contribution in [1.29, 1.82) is 0 Å². The molecule has 204 valence electrons. The molecule has 0 bridgehead atoms. The van der Waals surface area contributed by atoms with E-state index in [9.17, 15) is 9.59 Å². The molecule has 1 unspecified atom stereocenters. The van der Waals surface area contributed by atoms with Crippen LogP contribution in [0.1, 0.15) is 32.1 Å². The van der Waals surface area contributed by atoms with E-state index in [0.717, 1.165) is 55.8 Å². The molecule has 10 heteroatoms. The van der Waals surface area contributed by atoms with Gasteiger partial charge in [-0.3, -0.25) is 9.59 Å². The molecule has 0 radical (unpaired) electrons. The van der Waals surface area contributed by atoms with Gasteiger partial charge in [-0.2, -0.15) is 0 Å². The van der Waals surface area contributed by atoms with Gasteiger partial charge in [0.05, 0.1) is 32.6 Å². The van der Waals surface area contributed by atoms with Crippen molar-refractivity contribution < 1.29 is 23.8 Å². The van der Waals surface area contributed by atoms with Crippen molar-refractivity contribution in [3.63, 3.8) is 0 Å². The molecule has 0 N–H and O–H groups in total. The molecule has 1 aromatic heterocycles. The van der Waals surface area contributed by atoms with E-state index in [4.69, 9.17) is 14.2 Å². The van der Waals surface area contributed by atoms with Gasteiger partial charge in [0.15, 0.2) is 17.3 Å². The molecular weight excluding hydrogens is 486 g/mol. The SMILES string of the molecule is COc1ccc(-c2ccc(N3CCN(C(=O)CN(CC4CCCO4)C(=O)C4CCC4)CC3)nn2)cc1OC. The van der Waals surface area contributed by atoms with E-state index >= 15 is 0 Å². The predicted molar refractivity (Wildman–Crippen MR) is 142 cm³/mol. The Morgan fingerprint density at radius 3 is 2.37 bits per heavy atom. The van der Waals surface area contributed by atoms with Crippen LogP contribution in [0.25, 0.3) is 11.3 Å². The Morgan fingerprint density at radius 2 is 1.76 bits per heavy atom. The quantitative estimate of drug-likeness (QED) is 0.495. The summed E-state index contributed by atoms with van der Waals surface area (Å²) in [6, 6.07) is 9.55. The maximum Gasteiger partial charge on any atom is 0.242 e. The van der Waals surface area contributed by atoms with Crippen LogP contribution in [0.4, 0.5) is 5.82 Å². The number of carbonyl (C=O) groups is 2. The Hall–Kier alpha value is -3.40. The van der Waals surface area contributed by atoms with E-state index in [2.05, 4.69) is 15.1 Å². The Bertz CT molecular complexity index is 1110. The minimum Gasteiger partial charge on any atom is -0.493 e. The molecule has 1 aliphatic carbocycles. The lowest BCUT2D eigenvalue weighted by Gasteiger charge is -2.37. The Morgan fingerprint density at radius 1 is 0.974 bits per heavy atom. The van der Waals surface area contributed by atoms with E-state index in [1.807, 2.05) is 35.2 Å². The van der Waals surface area contributed by atoms with Gasteiger partial charge < -0.3 is 28.9 Å². The average molecular weight is 524 g/mol. The standard InChI is InChI=1S/C28H37N5O5/c1-36-24-10-8-21(17-25(24)37-2)23-9-11-26(30-29-23)31-12-14-32(15-13-31)27(34)19-33(18-22-7-4-16-38-22)28(35)20-5-3-6-20/h8-11,17,20,22H,3-7,12-16,18-19H2,1-2H3. The summed E-state index contributed by atoms with van der Waals surface area (Å²) >= 11 is 0. The molecule has 38 heavy (non-hydrogen) atoms. The van der Waals surface area contributed by atoms with Crippen LogP contribution in [0.15, 0.2) is 30.3 Å². The van der Waals surface area contributed by atoms with Gasteiger partial charge in [-0.1, -0.05) is 6.42 Å². The first-order valence-electron chi connectivity index (χ1n) is 13.5. The third-order valence-electron chi connectivity index (χ3n) is 7.83. The summed E-state index contributed by atoms with van der Waals surface area (Å²) in [5.74, 6) is 2.27. The zero-order valence-electron chi connectivity index (χ0n) is 22.3. The molecule has 10 nitrogen and oxygen atoms in total. The highest BCUT2D eigenvalue weighted by Gasteiger charge is 2.34. The average Bonchev–Trinajstić information content (AvgIpc) is 3.44. The van der Waals surface area contributed by atoms with Crippen LogP contribution >= 0.6 is 0 Å². The monoisotopic (exact) mass is 523 g/mol. The normalized spacial score (nSPS) is 19.7. The molecule has 2 aromatic rings. The number of anilines is 1. The molecular formula is C28H37N5O5. The van der Waals surface area contributed by atoms with E-state index < -0.39 is 0 Å². The molecule has 0 spiro atoms. The number of methoxy groups -OCH3 is 2. The highest BCUT2D eigenvalue weighted by Crippen LogP contribution is 2.32. The van der Waals surface area contributed by atoms with Crippen molar-refractivity contribution in [2.24, 2.45) is 5.92 Å². The third kappa shape index (κ3) is 5.85. The predicted octanol–water partition coefficient (Wildman–Crippen LogP) is 2.62. The number of amides is 2. The first-order valence-corrected chi connectivity index (χ1v) is 13.5. The van der Waals surface area contributed by atoms with Gasteiger partial charge in [0.2, 0.25) is 11.8 Å². The number of hydrogen-bond donors (Lipinski definition) is 0. The van der Waals surface area contributed by atoms with Crippen LogP contribution in [0.5, 0.6) is 11.5 Å². The molecule has 2 amide bonds. The number of rotatable bonds is 9. The van der Waals surface area contributed by atoms with Crippen LogP contribution in [0.2, 0.25) is 0 Å². The first kappa shape index (κ1) is 26.2. The summed E-state index contributed by atoms with van der Waals surface area (Å²) in [7, 11) is 3.21. The van der Waals surface area contributed by atoms with Crippen molar-refractivity contribution in [2.45, 2.75) is 38.2 Å². The molecule has 5 rings (SSSR count). The molecule has 1 aromatic carbocycles. The van der Waals surface area contributed by atoms with Crippen molar-refractivity contribution in [2.75, 3.05) is 65.0 Å². The second-order valence-corrected chi connectivity index (χ2v) is 10.2. The molecule has 1 saturated carbocycles. The smallest absolute Gasteiger partial charge is 0.242 e. The van der Waals surface area contributed by atoms with Gasteiger partial charge in [-0.05, 0) is 56.0 Å². The second kappa shape index (κ2) is 12.0. The lowest BCUT2D eigenvalue weighted by Crippen LogP contribution is -2.53. The number of carbonyl (C=O) groups excluding carboxylic acids is 2. The Kier molecular flexibility index (Phi) is 8.26. The summed E-state index contributed by atoms with van der Waals surface area (Å²) in [6.45, 7) is 3.89. The maximum absolute atomic E-state index is 13.2. The van der Waals surface area contributed by atoms with Gasteiger partial charge in [0, 0.05) is 50.8 Å². The number of nitrogens with zero attached hydrogens (tertiary/aromatic N) is 5. The zero-order chi connectivity index (χ0) is 26.5. The minimum absolute atomic E-state index is 0.00482. The zero-order valence-corrected chi connectivity index (χ0v) is 22.3. The second-order valence-electron chi connectivity index (χ2n) is 10.2. The van der Waals surface area contributed by atoms with Crippen molar-refractivity contribution in [3.8, 4) is 22.8 Å². The lowest BCUT2D eigenvalue weighted by molar-refractivity contribution is -0.146. The molecule has 1 atom stereocenters. The van der Waals surface area contributed by atoms with Gasteiger partial charge in [0.25, 0.3) is 0 Å². The van der Waals surface area contributed by atoms with Crippen molar-refractivity contribution in [3.05, 3.63) is 30.3 Å². The summed E-state index contributed by atoms with van der Waals surface area (Å²) < 4.78 is 16.5. The topological polar surface area (TPSA) is 97.3 Å². The van der Waals surface area contributed by atoms with Gasteiger partial charge in [0.1, 0.15) is 0 Å². The fraction of sp³-hybridized carbons (Fsp3) is 0.571. The largest absolute Gasteiger partial charge is 0.493 e. The van der Waals surface area contributed by atoms with E-state index in [0.29, 0.717) is 44.2 Å². The number of piperazine rings is 1. The third-order valence-corrected chi connectivity index (χ3v) is 7.83. The van der Waals surface area contributed by atoms with Crippen LogP contribution in [0, 0.1) is 5.92 Å². The number of hydrogen-bond acceptors (Lipinski definition) is 8. The van der Waals surface area contributed by atoms with E-state index in [1.165, 1.54) is 0 Å². The summed E-state index contributed by atoms with van der Waals surface area (Å²) in [5.41, 5.74) is 1.63. The van der Waals surface area contributed by atoms with Crippen LogP contribution in [-0.2, 0) is 14.3 Å². The fourth-order valence-corrected chi connectivity index (χ4v) is 5.27. The first-order chi connectivity index (χ1) is 18.6. The lowest BCUT2D eigenvalue weighted by atomic mass is 9.84. The summed E-state index contributed by atoms with van der Waals surface area (Å²) in [4.78, 5) is 32.0. The van der Waals surface area contributed by atoms with Crippen molar-refractivity contribution >= 4 is 17.6 Å². The number of aromatic nitrogens is 2. The Balaban J connectivity index is 1.16. The summed E-state index contributed by atoms with van der Waals surface area (Å²) in [5, 5.41) is 8.87. The van der Waals surface area contributed by atoms with Crippen molar-refractivity contribution in [1.82, 2.24) is 20.0 Å². The molecule has 2 saturated heterocycles. The highest BCUT2D eigenvalue weighted by atomic mass is 16.5. The molecule has 3 fully saturated rings. The molecule has 2 aliphatic heterocycles. The van der Waals surface area contributed by atoms with Crippen LogP contribution in [0.3, 0.4) is 0 Å². The maximum atomic E-state index is 13.2. The fourth-order valence-electron chi connectivity index (χ4n) is 5.27. The van der Waals surface area contributed by atoms with Gasteiger partial charge in [-0.15, -0.1) is 10.2 Å². The van der Waals surface area contributed by atoms with Crippen LogP contribution < -0.4 is 14.4 Å². The van der Waals surface area contributed by atoms with Gasteiger partial charge in [-0.25, -0.2) is 0 Å². The number of benzene rings is 1. The Labute approximate surface area is 223 Å². The van der Waals surface area contributed by atoms with Crippen LogP contribution in [-0.4, -0.2) is 98.0 Å². The number of ether oxygens (including phenoxy) is 3. The van der Waals surface area contributed by atoms with E-state index in [1.54, 1.807) is 19.1 Å². The summed E-state index contributed by atoms with van der Waals surface area (Å²) in [6.07, 6.45) is 4.97. The minimum atomic E-state index is 0.00482. The van der Waals surface area contributed by atoms with E-state index in [-0.39, 0.29) is 30.4 Å². The molecule has 3 heterocycles.